The Kier molecular flexibility index (Phi) is 6.08. The summed E-state index contributed by atoms with van der Waals surface area (Å²) in [6, 6.07) is 17.5. The summed E-state index contributed by atoms with van der Waals surface area (Å²) in [5, 5.41) is 25.5. The maximum atomic E-state index is 12.1. The molecule has 30 heavy (non-hydrogen) atoms. The largest absolute Gasteiger partial charge is 0.423 e. The Labute approximate surface area is 169 Å². The summed E-state index contributed by atoms with van der Waals surface area (Å²) < 4.78 is 5.22. The molecule has 0 atom stereocenters. The molecule has 0 aliphatic heterocycles. The van der Waals surface area contributed by atoms with Crippen LogP contribution in [0.15, 0.2) is 77.9 Å². The highest BCUT2D eigenvalue weighted by Crippen LogP contribution is 2.18. The Morgan fingerprint density at radius 1 is 0.900 bits per heavy atom. The van der Waals surface area contributed by atoms with Gasteiger partial charge >= 0.3 is 5.97 Å². The summed E-state index contributed by atoms with van der Waals surface area (Å²) in [4.78, 5) is 32.5. The van der Waals surface area contributed by atoms with Crippen molar-refractivity contribution in [2.24, 2.45) is 5.10 Å². The number of nitro benzene ring substituents is 2. The third kappa shape index (κ3) is 5.23. The lowest BCUT2D eigenvalue weighted by atomic mass is 10.2. The molecule has 0 aliphatic rings. The molecule has 0 heterocycles. The van der Waals surface area contributed by atoms with E-state index in [-0.39, 0.29) is 22.7 Å². The molecule has 0 unspecified atom stereocenters. The maximum Gasteiger partial charge on any atom is 0.343 e. The number of carbonyl (C=O) groups excluding carboxylic acids is 1. The van der Waals surface area contributed by atoms with Crippen molar-refractivity contribution in [1.82, 2.24) is 0 Å². The van der Waals surface area contributed by atoms with Crippen molar-refractivity contribution in [2.45, 2.75) is 0 Å². The molecular weight excluding hydrogens is 392 g/mol. The number of nitrogens with one attached hydrogen (secondary N) is 1. The first-order valence-electron chi connectivity index (χ1n) is 8.52. The third-order valence-electron chi connectivity index (χ3n) is 3.87. The number of rotatable bonds is 7. The fourth-order valence-corrected chi connectivity index (χ4v) is 2.37. The zero-order valence-corrected chi connectivity index (χ0v) is 15.3. The molecular formula is C20H14N4O6. The minimum absolute atomic E-state index is 0.0141. The quantitative estimate of drug-likeness (QED) is 0.204. The van der Waals surface area contributed by atoms with Crippen LogP contribution < -0.4 is 10.2 Å². The number of hydrogen-bond acceptors (Lipinski definition) is 8. The molecule has 10 nitrogen and oxygen atoms in total. The normalized spacial score (nSPS) is 10.5. The Hall–Kier alpha value is -4.60. The summed E-state index contributed by atoms with van der Waals surface area (Å²) in [7, 11) is 0. The Morgan fingerprint density at radius 2 is 1.57 bits per heavy atom. The van der Waals surface area contributed by atoms with Gasteiger partial charge < -0.3 is 4.74 Å². The van der Waals surface area contributed by atoms with Gasteiger partial charge in [0, 0.05) is 24.3 Å². The minimum atomic E-state index is -0.708. The van der Waals surface area contributed by atoms with Gasteiger partial charge in [-0.1, -0.05) is 6.07 Å². The standard InChI is InChI=1S/C20H14N4O6/c25-20(15-2-1-3-18(12-15)24(28)29)30-19-10-4-14(5-11-19)13-21-22-16-6-8-17(9-7-16)23(26)27/h1-13,22H/b21-13+. The molecule has 3 rings (SSSR count). The van der Waals surface area contributed by atoms with Gasteiger partial charge in [0.1, 0.15) is 5.75 Å². The average molecular weight is 406 g/mol. The number of carbonyl (C=O) groups is 1. The fraction of sp³-hybridized carbons (Fsp3) is 0. The first-order valence-corrected chi connectivity index (χ1v) is 8.52. The molecule has 1 N–H and O–H groups in total. The minimum Gasteiger partial charge on any atom is -0.423 e. The average Bonchev–Trinajstić information content (AvgIpc) is 2.75. The number of hydrazone groups is 1. The van der Waals surface area contributed by atoms with Gasteiger partial charge in [-0.05, 0) is 48.0 Å². The molecule has 0 bridgehead atoms. The summed E-state index contributed by atoms with van der Waals surface area (Å²) in [5.74, 6) is -0.438. The topological polar surface area (TPSA) is 137 Å². The van der Waals surface area contributed by atoms with E-state index in [9.17, 15) is 25.0 Å². The van der Waals surface area contributed by atoms with Gasteiger partial charge in [0.2, 0.25) is 0 Å². The second-order valence-corrected chi connectivity index (χ2v) is 5.94. The lowest BCUT2D eigenvalue weighted by molar-refractivity contribution is -0.385. The Bertz CT molecular complexity index is 1110. The number of ether oxygens (including phenoxy) is 1. The molecule has 10 heteroatoms. The van der Waals surface area contributed by atoms with Crippen LogP contribution in [0.25, 0.3) is 0 Å². The van der Waals surface area contributed by atoms with Gasteiger partial charge in [-0.15, -0.1) is 0 Å². The highest BCUT2D eigenvalue weighted by atomic mass is 16.6. The van der Waals surface area contributed by atoms with Crippen molar-refractivity contribution in [2.75, 3.05) is 5.43 Å². The van der Waals surface area contributed by atoms with Crippen LogP contribution in [0.3, 0.4) is 0 Å². The second kappa shape index (κ2) is 9.06. The van der Waals surface area contributed by atoms with E-state index < -0.39 is 15.8 Å². The van der Waals surface area contributed by atoms with E-state index in [4.69, 9.17) is 4.74 Å². The van der Waals surface area contributed by atoms with E-state index in [0.717, 1.165) is 6.07 Å². The first kappa shape index (κ1) is 20.1. The van der Waals surface area contributed by atoms with Gasteiger partial charge in [0.25, 0.3) is 11.4 Å². The molecule has 3 aromatic carbocycles. The zero-order valence-electron chi connectivity index (χ0n) is 15.3. The molecule has 0 radical (unpaired) electrons. The van der Waals surface area contributed by atoms with E-state index >= 15 is 0 Å². The van der Waals surface area contributed by atoms with Crippen molar-refractivity contribution in [3.63, 3.8) is 0 Å². The van der Waals surface area contributed by atoms with Crippen LogP contribution in [0.2, 0.25) is 0 Å². The van der Waals surface area contributed by atoms with Crippen LogP contribution in [0.4, 0.5) is 17.1 Å². The number of esters is 1. The second-order valence-electron chi connectivity index (χ2n) is 5.94. The predicted octanol–water partition coefficient (Wildman–Crippen LogP) is 4.17. The molecule has 150 valence electrons. The number of nitrogens with zero attached hydrogens (tertiary/aromatic N) is 3. The molecule has 0 spiro atoms. The molecule has 0 amide bonds. The maximum absolute atomic E-state index is 12.1. The summed E-state index contributed by atoms with van der Waals surface area (Å²) in [6.45, 7) is 0. The predicted molar refractivity (Wildman–Crippen MR) is 109 cm³/mol. The molecule has 0 saturated heterocycles. The van der Waals surface area contributed by atoms with E-state index in [1.54, 1.807) is 24.3 Å². The van der Waals surface area contributed by atoms with Crippen molar-refractivity contribution in [3.05, 3.63) is 104 Å². The van der Waals surface area contributed by atoms with E-state index in [2.05, 4.69) is 10.5 Å². The van der Waals surface area contributed by atoms with Gasteiger partial charge in [0.15, 0.2) is 0 Å². The van der Waals surface area contributed by atoms with Crippen LogP contribution in [-0.2, 0) is 0 Å². The van der Waals surface area contributed by atoms with Crippen molar-refractivity contribution < 1.29 is 19.4 Å². The van der Waals surface area contributed by atoms with Gasteiger partial charge in [0.05, 0.1) is 27.3 Å². The lowest BCUT2D eigenvalue weighted by Crippen LogP contribution is -2.08. The Morgan fingerprint density at radius 3 is 2.20 bits per heavy atom. The van der Waals surface area contributed by atoms with Crippen molar-refractivity contribution >= 4 is 29.2 Å². The summed E-state index contributed by atoms with van der Waals surface area (Å²) in [5.41, 5.74) is 3.90. The molecule has 0 saturated carbocycles. The number of non-ortho nitro benzene ring substituents is 2. The molecule has 0 aromatic heterocycles. The molecule has 0 aliphatic carbocycles. The number of nitro groups is 2. The van der Waals surface area contributed by atoms with Crippen molar-refractivity contribution in [1.29, 1.82) is 0 Å². The smallest absolute Gasteiger partial charge is 0.343 e. The number of benzene rings is 3. The SMILES string of the molecule is O=C(Oc1ccc(/C=N/Nc2ccc([N+](=O)[O-])cc2)cc1)c1cccc([N+](=O)[O-])c1. The van der Waals surface area contributed by atoms with Gasteiger partial charge in [-0.2, -0.15) is 5.10 Å². The van der Waals surface area contributed by atoms with Crippen LogP contribution in [0, 0.1) is 20.2 Å². The lowest BCUT2D eigenvalue weighted by Gasteiger charge is -2.05. The number of hydrogen-bond donors (Lipinski definition) is 1. The molecule has 0 fully saturated rings. The highest BCUT2D eigenvalue weighted by Gasteiger charge is 2.13. The van der Waals surface area contributed by atoms with E-state index in [1.165, 1.54) is 48.7 Å². The first-order chi connectivity index (χ1) is 14.4. The van der Waals surface area contributed by atoms with Crippen LogP contribution in [0.5, 0.6) is 5.75 Å². The zero-order chi connectivity index (χ0) is 21.5. The van der Waals surface area contributed by atoms with E-state index in [1.807, 2.05) is 0 Å². The third-order valence-corrected chi connectivity index (χ3v) is 3.87. The van der Waals surface area contributed by atoms with Crippen LogP contribution >= 0.6 is 0 Å². The van der Waals surface area contributed by atoms with Crippen LogP contribution in [-0.4, -0.2) is 22.0 Å². The monoisotopic (exact) mass is 406 g/mol. The highest BCUT2D eigenvalue weighted by molar-refractivity contribution is 5.91. The van der Waals surface area contributed by atoms with Gasteiger partial charge in [-0.3, -0.25) is 25.7 Å². The fourth-order valence-electron chi connectivity index (χ4n) is 2.37. The Balaban J connectivity index is 1.58. The van der Waals surface area contributed by atoms with Gasteiger partial charge in [-0.25, -0.2) is 4.79 Å². The summed E-state index contributed by atoms with van der Waals surface area (Å²) >= 11 is 0. The molecule has 3 aromatic rings. The van der Waals surface area contributed by atoms with E-state index in [0.29, 0.717) is 11.3 Å². The number of anilines is 1. The van der Waals surface area contributed by atoms with Crippen molar-refractivity contribution in [3.8, 4) is 5.75 Å². The van der Waals surface area contributed by atoms with Crippen LogP contribution in [0.1, 0.15) is 15.9 Å². The summed E-state index contributed by atoms with van der Waals surface area (Å²) in [6.07, 6.45) is 1.52.